The van der Waals surface area contributed by atoms with Gasteiger partial charge in [0, 0.05) is 12.0 Å². The summed E-state index contributed by atoms with van der Waals surface area (Å²) in [7, 11) is 0. The number of amides is 1. The second-order valence-electron chi connectivity index (χ2n) is 6.22. The lowest BCUT2D eigenvalue weighted by atomic mass is 9.85. The molecule has 0 aromatic rings. The van der Waals surface area contributed by atoms with Crippen LogP contribution in [0.4, 0.5) is 4.79 Å². The van der Waals surface area contributed by atoms with Crippen LogP contribution in [0.5, 0.6) is 0 Å². The van der Waals surface area contributed by atoms with E-state index in [1.807, 2.05) is 20.8 Å². The van der Waals surface area contributed by atoms with Crippen LogP contribution in [0.25, 0.3) is 0 Å². The molecule has 17 heavy (non-hydrogen) atoms. The van der Waals surface area contributed by atoms with Crippen LogP contribution < -0.4 is 5.32 Å². The highest BCUT2D eigenvalue weighted by atomic mass is 16.6. The van der Waals surface area contributed by atoms with Gasteiger partial charge in [-0.3, -0.25) is 0 Å². The summed E-state index contributed by atoms with van der Waals surface area (Å²) in [6.45, 7) is 5.51. The highest BCUT2D eigenvalue weighted by molar-refractivity contribution is 5.69. The van der Waals surface area contributed by atoms with Gasteiger partial charge in [-0.25, -0.2) is 4.79 Å². The number of ether oxygens (including phenoxy) is 1. The second kappa shape index (κ2) is 4.31. The molecule has 4 heteroatoms. The van der Waals surface area contributed by atoms with E-state index in [0.29, 0.717) is 11.8 Å². The van der Waals surface area contributed by atoms with Crippen LogP contribution >= 0.6 is 0 Å². The standard InChI is InChI=1S/C13H21NO3/c1-13(2,3)17-12(16)14-11-9-5-4-8(6-9)10(11)7-15/h7-11H,4-6H2,1-3H3,(H,14,16)/t8-,9+,10-,11-/m0/s1. The van der Waals surface area contributed by atoms with Gasteiger partial charge in [0.15, 0.2) is 0 Å². The van der Waals surface area contributed by atoms with E-state index in [2.05, 4.69) is 5.32 Å². The van der Waals surface area contributed by atoms with Gasteiger partial charge >= 0.3 is 6.09 Å². The minimum atomic E-state index is -0.488. The number of hydrogen-bond donors (Lipinski definition) is 1. The van der Waals surface area contributed by atoms with E-state index >= 15 is 0 Å². The van der Waals surface area contributed by atoms with Gasteiger partial charge in [0.1, 0.15) is 11.9 Å². The molecule has 1 amide bonds. The van der Waals surface area contributed by atoms with Gasteiger partial charge in [-0.2, -0.15) is 0 Å². The van der Waals surface area contributed by atoms with Crippen LogP contribution in [0, 0.1) is 17.8 Å². The predicted molar refractivity (Wildman–Crippen MR) is 63.5 cm³/mol. The molecule has 0 aromatic heterocycles. The molecule has 96 valence electrons. The van der Waals surface area contributed by atoms with E-state index in [4.69, 9.17) is 4.74 Å². The molecule has 4 nitrogen and oxygen atoms in total. The Kier molecular flexibility index (Phi) is 3.15. The van der Waals surface area contributed by atoms with Crippen molar-refractivity contribution in [3.63, 3.8) is 0 Å². The van der Waals surface area contributed by atoms with Crippen LogP contribution in [0.15, 0.2) is 0 Å². The van der Waals surface area contributed by atoms with Gasteiger partial charge < -0.3 is 14.8 Å². The predicted octanol–water partition coefficient (Wildman–Crippen LogP) is 2.12. The summed E-state index contributed by atoms with van der Waals surface area (Å²) >= 11 is 0. The average Bonchev–Trinajstić information content (AvgIpc) is 2.74. The molecular formula is C13H21NO3. The van der Waals surface area contributed by atoms with Crippen molar-refractivity contribution in [2.45, 2.75) is 51.7 Å². The highest BCUT2D eigenvalue weighted by Crippen LogP contribution is 2.47. The fourth-order valence-electron chi connectivity index (χ4n) is 3.19. The third kappa shape index (κ3) is 2.61. The van der Waals surface area contributed by atoms with Crippen LogP contribution in [-0.4, -0.2) is 24.0 Å². The van der Waals surface area contributed by atoms with Crippen molar-refractivity contribution in [2.24, 2.45) is 17.8 Å². The largest absolute Gasteiger partial charge is 0.444 e. The van der Waals surface area contributed by atoms with Crippen LogP contribution in [-0.2, 0) is 9.53 Å². The van der Waals surface area contributed by atoms with Gasteiger partial charge in [0.05, 0.1) is 0 Å². The minimum Gasteiger partial charge on any atom is -0.444 e. The number of rotatable bonds is 2. The molecule has 0 spiro atoms. The van der Waals surface area contributed by atoms with Crippen LogP contribution in [0.2, 0.25) is 0 Å². The van der Waals surface area contributed by atoms with E-state index in [9.17, 15) is 9.59 Å². The molecule has 2 fully saturated rings. The Labute approximate surface area is 102 Å². The number of hydrogen-bond acceptors (Lipinski definition) is 3. The Balaban J connectivity index is 1.94. The van der Waals surface area contributed by atoms with Crippen molar-refractivity contribution in [1.29, 1.82) is 0 Å². The van der Waals surface area contributed by atoms with Crippen molar-refractivity contribution in [1.82, 2.24) is 5.32 Å². The maximum Gasteiger partial charge on any atom is 0.407 e. The quantitative estimate of drug-likeness (QED) is 0.751. The van der Waals surface area contributed by atoms with Crippen molar-refractivity contribution < 1.29 is 14.3 Å². The summed E-state index contributed by atoms with van der Waals surface area (Å²) in [5.41, 5.74) is -0.488. The molecule has 0 unspecified atom stereocenters. The smallest absolute Gasteiger partial charge is 0.407 e. The maximum atomic E-state index is 11.7. The molecule has 0 aromatic carbocycles. The first-order valence-electron chi connectivity index (χ1n) is 6.35. The number of carbonyl (C=O) groups excluding carboxylic acids is 2. The first-order valence-corrected chi connectivity index (χ1v) is 6.35. The van der Waals surface area contributed by atoms with Crippen LogP contribution in [0.1, 0.15) is 40.0 Å². The summed E-state index contributed by atoms with van der Waals surface area (Å²) in [5.74, 6) is 0.918. The van der Waals surface area contributed by atoms with Crippen molar-refractivity contribution in [2.75, 3.05) is 0 Å². The van der Waals surface area contributed by atoms with Crippen LogP contribution in [0.3, 0.4) is 0 Å². The van der Waals surface area contributed by atoms with Crippen molar-refractivity contribution in [3.8, 4) is 0 Å². The fraction of sp³-hybridized carbons (Fsp3) is 0.846. The zero-order valence-corrected chi connectivity index (χ0v) is 10.7. The lowest BCUT2D eigenvalue weighted by Crippen LogP contribution is -2.46. The van der Waals surface area contributed by atoms with E-state index in [1.54, 1.807) is 0 Å². The zero-order valence-electron chi connectivity index (χ0n) is 10.7. The average molecular weight is 239 g/mol. The molecular weight excluding hydrogens is 218 g/mol. The number of alkyl carbamates (subject to hydrolysis) is 1. The lowest BCUT2D eigenvalue weighted by Gasteiger charge is -2.29. The zero-order chi connectivity index (χ0) is 12.6. The SMILES string of the molecule is CC(C)(C)OC(=O)N[C@H]1[C@@H]2CC[C@@H](C2)[C@@H]1C=O. The maximum absolute atomic E-state index is 11.7. The minimum absolute atomic E-state index is 0.0127. The molecule has 2 aliphatic carbocycles. The molecule has 2 aliphatic rings. The first kappa shape index (κ1) is 12.4. The Bertz CT molecular complexity index is 321. The first-order chi connectivity index (χ1) is 7.90. The molecule has 0 radical (unpaired) electrons. The van der Waals surface area contributed by atoms with E-state index in [0.717, 1.165) is 25.5 Å². The molecule has 2 rings (SSSR count). The highest BCUT2D eigenvalue weighted by Gasteiger charge is 2.48. The summed E-state index contributed by atoms with van der Waals surface area (Å²) in [5, 5.41) is 2.88. The lowest BCUT2D eigenvalue weighted by molar-refractivity contribution is -0.113. The Morgan fingerprint density at radius 2 is 1.94 bits per heavy atom. The fourth-order valence-corrected chi connectivity index (χ4v) is 3.19. The van der Waals surface area contributed by atoms with Gasteiger partial charge in [0.25, 0.3) is 0 Å². The second-order valence-corrected chi connectivity index (χ2v) is 6.22. The summed E-state index contributed by atoms with van der Waals surface area (Å²) in [4.78, 5) is 22.8. The molecule has 0 heterocycles. The van der Waals surface area contributed by atoms with Gasteiger partial charge in [-0.15, -0.1) is 0 Å². The third-order valence-electron chi connectivity index (χ3n) is 3.82. The monoisotopic (exact) mass is 239 g/mol. The molecule has 4 atom stereocenters. The van der Waals surface area contributed by atoms with Gasteiger partial charge in [-0.05, 0) is 51.9 Å². The van der Waals surface area contributed by atoms with E-state index in [1.165, 1.54) is 0 Å². The number of aldehydes is 1. The molecule has 1 N–H and O–H groups in total. The Morgan fingerprint density at radius 3 is 2.53 bits per heavy atom. The number of fused-ring (bicyclic) bond motifs is 2. The van der Waals surface area contributed by atoms with Crippen molar-refractivity contribution in [3.05, 3.63) is 0 Å². The van der Waals surface area contributed by atoms with Crippen molar-refractivity contribution >= 4 is 12.4 Å². The molecule has 0 saturated heterocycles. The Morgan fingerprint density at radius 1 is 1.29 bits per heavy atom. The topological polar surface area (TPSA) is 55.4 Å². The normalized spacial score (nSPS) is 35.7. The molecule has 0 aliphatic heterocycles. The molecule has 2 saturated carbocycles. The van der Waals surface area contributed by atoms with Gasteiger partial charge in [0.2, 0.25) is 0 Å². The number of carbonyl (C=O) groups is 2. The van der Waals surface area contributed by atoms with Gasteiger partial charge in [-0.1, -0.05) is 0 Å². The van der Waals surface area contributed by atoms with E-state index in [-0.39, 0.29) is 12.0 Å². The van der Waals surface area contributed by atoms with E-state index < -0.39 is 11.7 Å². The Hall–Kier alpha value is -1.06. The summed E-state index contributed by atoms with van der Waals surface area (Å²) in [6, 6.07) is -0.0129. The number of nitrogens with one attached hydrogen (secondary N) is 1. The third-order valence-corrected chi connectivity index (χ3v) is 3.82. The summed E-state index contributed by atoms with van der Waals surface area (Å²) < 4.78 is 5.23. The molecule has 2 bridgehead atoms. The summed E-state index contributed by atoms with van der Waals surface area (Å²) in [6.07, 6.45) is 3.92.